The Morgan fingerprint density at radius 2 is 1.85 bits per heavy atom. The molecule has 2 aromatic rings. The van der Waals surface area contributed by atoms with Crippen molar-refractivity contribution in [1.29, 1.82) is 0 Å². The third-order valence-electron chi connectivity index (χ3n) is 3.79. The molecule has 3 heterocycles. The van der Waals surface area contributed by atoms with Crippen LogP contribution >= 0.6 is 11.3 Å². The number of carbonyl (C=O) groups is 2. The Morgan fingerprint density at radius 1 is 1.15 bits per heavy atom. The summed E-state index contributed by atoms with van der Waals surface area (Å²) in [5.74, 6) is -0.571. The molecule has 0 aromatic carbocycles. The van der Waals surface area contributed by atoms with Crippen LogP contribution in [0, 0.1) is 0 Å². The molecule has 0 aliphatic carbocycles. The van der Waals surface area contributed by atoms with Gasteiger partial charge in [0.15, 0.2) is 0 Å². The van der Waals surface area contributed by atoms with Gasteiger partial charge in [0.25, 0.3) is 5.91 Å². The topological polar surface area (TPSA) is 92.4 Å². The Bertz CT molecular complexity index is 821. The zero-order chi connectivity index (χ0) is 18.9. The number of halogens is 3. The number of amides is 3. The minimum absolute atomic E-state index is 0.172. The molecule has 0 spiro atoms. The number of hydrogen-bond acceptors (Lipinski definition) is 5. The van der Waals surface area contributed by atoms with Gasteiger partial charge in [-0.25, -0.2) is 9.78 Å². The highest BCUT2D eigenvalue weighted by Crippen LogP contribution is 2.27. The van der Waals surface area contributed by atoms with E-state index in [-0.39, 0.29) is 19.1 Å². The molecule has 0 atom stereocenters. The Kier molecular flexibility index (Phi) is 4.81. The quantitative estimate of drug-likeness (QED) is 0.853. The lowest BCUT2D eigenvalue weighted by Crippen LogP contribution is -2.31. The van der Waals surface area contributed by atoms with Crippen molar-refractivity contribution in [2.45, 2.75) is 19.3 Å². The minimum atomic E-state index is -4.49. The second-order valence-corrected chi connectivity index (χ2v) is 6.77. The van der Waals surface area contributed by atoms with Gasteiger partial charge in [-0.15, -0.1) is 11.3 Å². The van der Waals surface area contributed by atoms with Crippen LogP contribution in [0.4, 0.5) is 18.0 Å². The van der Waals surface area contributed by atoms with Crippen molar-refractivity contribution in [3.8, 4) is 0 Å². The molecular weight excluding hydrogens is 371 g/mol. The number of primary amides is 1. The van der Waals surface area contributed by atoms with Crippen molar-refractivity contribution < 1.29 is 22.8 Å². The van der Waals surface area contributed by atoms with Crippen LogP contribution in [-0.2, 0) is 19.3 Å². The molecule has 2 N–H and O–H groups in total. The normalized spacial score (nSPS) is 15.0. The average molecular weight is 385 g/mol. The molecule has 3 amide bonds. The Balaban J connectivity index is 1.61. The van der Waals surface area contributed by atoms with Crippen molar-refractivity contribution >= 4 is 23.3 Å². The first kappa shape index (κ1) is 18.1. The van der Waals surface area contributed by atoms with Gasteiger partial charge in [-0.05, 0) is 11.6 Å². The maximum absolute atomic E-state index is 12.5. The van der Waals surface area contributed by atoms with E-state index in [1.54, 1.807) is 4.90 Å². The first-order valence-electron chi connectivity index (χ1n) is 7.54. The standard InChI is InChI=1S/C15H14F3N5O2S/c16-15(17,18)11-2-1-9(5-20-11)7-22-3-4-23(14(22)25)8-12-21-6-10(26-12)13(19)24/h1-2,5-6H,3-4,7-8H2,(H2,19,24). The van der Waals surface area contributed by atoms with Crippen LogP contribution in [0.15, 0.2) is 24.5 Å². The lowest BCUT2D eigenvalue weighted by atomic mass is 10.2. The number of rotatable bonds is 5. The predicted molar refractivity (Wildman–Crippen MR) is 86.1 cm³/mol. The van der Waals surface area contributed by atoms with Crippen molar-refractivity contribution in [2.24, 2.45) is 5.73 Å². The van der Waals surface area contributed by atoms with E-state index < -0.39 is 17.8 Å². The molecule has 0 radical (unpaired) electrons. The molecule has 26 heavy (non-hydrogen) atoms. The van der Waals surface area contributed by atoms with Gasteiger partial charge in [0.05, 0.1) is 12.7 Å². The van der Waals surface area contributed by atoms with Crippen LogP contribution in [-0.4, -0.2) is 44.8 Å². The molecule has 0 bridgehead atoms. The number of urea groups is 1. The van der Waals surface area contributed by atoms with E-state index in [9.17, 15) is 22.8 Å². The van der Waals surface area contributed by atoms with Crippen LogP contribution in [0.1, 0.15) is 25.9 Å². The van der Waals surface area contributed by atoms with Crippen molar-refractivity contribution in [3.05, 3.63) is 45.7 Å². The van der Waals surface area contributed by atoms with Gasteiger partial charge in [0, 0.05) is 25.8 Å². The fourth-order valence-corrected chi connectivity index (χ4v) is 3.28. The van der Waals surface area contributed by atoms with Gasteiger partial charge in [-0.3, -0.25) is 9.78 Å². The number of nitrogens with zero attached hydrogens (tertiary/aromatic N) is 4. The maximum atomic E-state index is 12.5. The van der Waals surface area contributed by atoms with Gasteiger partial charge < -0.3 is 15.5 Å². The lowest BCUT2D eigenvalue weighted by molar-refractivity contribution is -0.141. The summed E-state index contributed by atoms with van der Waals surface area (Å²) in [6, 6.07) is 1.96. The number of carbonyl (C=O) groups excluding carboxylic acids is 2. The van der Waals surface area contributed by atoms with Gasteiger partial charge in [0.1, 0.15) is 15.6 Å². The highest BCUT2D eigenvalue weighted by molar-refractivity contribution is 7.13. The van der Waals surface area contributed by atoms with Gasteiger partial charge in [-0.2, -0.15) is 13.2 Å². The van der Waals surface area contributed by atoms with Crippen molar-refractivity contribution in [2.75, 3.05) is 13.1 Å². The van der Waals surface area contributed by atoms with E-state index in [4.69, 9.17) is 5.73 Å². The minimum Gasteiger partial charge on any atom is -0.365 e. The summed E-state index contributed by atoms with van der Waals surface area (Å²) in [6.07, 6.45) is -2.00. The highest BCUT2D eigenvalue weighted by atomic mass is 32.1. The van der Waals surface area contributed by atoms with Crippen LogP contribution < -0.4 is 5.73 Å². The second-order valence-electron chi connectivity index (χ2n) is 5.66. The molecular formula is C15H14F3N5O2S. The zero-order valence-electron chi connectivity index (χ0n) is 13.4. The van der Waals surface area contributed by atoms with Crippen LogP contribution in [0.3, 0.4) is 0 Å². The Labute approximate surface area is 150 Å². The summed E-state index contributed by atoms with van der Waals surface area (Å²) in [7, 11) is 0. The predicted octanol–water partition coefficient (Wildman–Crippen LogP) is 2.09. The van der Waals surface area contributed by atoms with E-state index in [1.807, 2.05) is 0 Å². The number of thiazole rings is 1. The summed E-state index contributed by atoms with van der Waals surface area (Å²) in [5, 5.41) is 0.588. The number of aromatic nitrogens is 2. The third-order valence-corrected chi connectivity index (χ3v) is 4.79. The number of pyridine rings is 1. The average Bonchev–Trinajstić information content (AvgIpc) is 3.17. The third kappa shape index (κ3) is 3.93. The largest absolute Gasteiger partial charge is 0.433 e. The molecule has 7 nitrogen and oxygen atoms in total. The van der Waals surface area contributed by atoms with E-state index in [2.05, 4.69) is 9.97 Å². The molecule has 11 heteroatoms. The van der Waals surface area contributed by atoms with E-state index in [1.165, 1.54) is 17.2 Å². The summed E-state index contributed by atoms with van der Waals surface area (Å²) < 4.78 is 37.6. The maximum Gasteiger partial charge on any atom is 0.433 e. The van der Waals surface area contributed by atoms with E-state index >= 15 is 0 Å². The zero-order valence-corrected chi connectivity index (χ0v) is 14.2. The smallest absolute Gasteiger partial charge is 0.365 e. The second kappa shape index (κ2) is 6.90. The van der Waals surface area contributed by atoms with Crippen molar-refractivity contribution in [1.82, 2.24) is 19.8 Å². The van der Waals surface area contributed by atoms with E-state index in [0.717, 1.165) is 23.6 Å². The molecule has 138 valence electrons. The summed E-state index contributed by atoms with van der Waals surface area (Å²) in [4.78, 5) is 34.4. The summed E-state index contributed by atoms with van der Waals surface area (Å²) >= 11 is 1.12. The Morgan fingerprint density at radius 3 is 2.38 bits per heavy atom. The van der Waals surface area contributed by atoms with E-state index in [0.29, 0.717) is 28.5 Å². The van der Waals surface area contributed by atoms with Crippen LogP contribution in [0.5, 0.6) is 0 Å². The molecule has 0 unspecified atom stereocenters. The monoisotopic (exact) mass is 385 g/mol. The fraction of sp³-hybridized carbons (Fsp3) is 0.333. The lowest BCUT2D eigenvalue weighted by Gasteiger charge is -2.18. The molecule has 3 rings (SSSR count). The molecule has 1 aliphatic rings. The summed E-state index contributed by atoms with van der Waals surface area (Å²) in [6.45, 7) is 1.32. The first-order chi connectivity index (χ1) is 12.2. The number of hydrogen-bond donors (Lipinski definition) is 1. The molecule has 0 saturated carbocycles. The molecule has 2 aromatic heterocycles. The van der Waals surface area contributed by atoms with Crippen LogP contribution in [0.25, 0.3) is 0 Å². The fourth-order valence-electron chi connectivity index (χ4n) is 2.49. The molecule has 1 fully saturated rings. The van der Waals surface area contributed by atoms with Gasteiger partial charge >= 0.3 is 12.2 Å². The molecule has 1 aliphatic heterocycles. The van der Waals surface area contributed by atoms with Crippen molar-refractivity contribution in [3.63, 3.8) is 0 Å². The first-order valence-corrected chi connectivity index (χ1v) is 8.36. The van der Waals surface area contributed by atoms with Gasteiger partial charge in [0.2, 0.25) is 0 Å². The summed E-state index contributed by atoms with van der Waals surface area (Å²) in [5.41, 5.74) is 4.72. The SMILES string of the molecule is NC(=O)c1cnc(CN2CCN(Cc3ccc(C(F)(F)F)nc3)C2=O)s1. The molecule has 1 saturated heterocycles. The Hall–Kier alpha value is -2.69. The number of alkyl halides is 3. The highest BCUT2D eigenvalue weighted by Gasteiger charge is 2.33. The number of nitrogens with two attached hydrogens (primary N) is 1. The van der Waals surface area contributed by atoms with Crippen LogP contribution in [0.2, 0.25) is 0 Å². The van der Waals surface area contributed by atoms with Gasteiger partial charge in [-0.1, -0.05) is 6.07 Å².